The topological polar surface area (TPSA) is 66.8 Å². The molecule has 1 rings (SSSR count). The molecule has 1 aromatic rings. The summed E-state index contributed by atoms with van der Waals surface area (Å²) in [6, 6.07) is 0. The van der Waals surface area contributed by atoms with Crippen molar-refractivity contribution in [2.45, 2.75) is 20.8 Å². The van der Waals surface area contributed by atoms with Gasteiger partial charge < -0.3 is 13.3 Å². The van der Waals surface area contributed by atoms with Crippen LogP contribution in [0.25, 0.3) is 0 Å². The largest absolute Gasteiger partial charge is 0.504 e. The molecule has 0 heterocycles. The van der Waals surface area contributed by atoms with Gasteiger partial charge in [-0.05, 0) is 37.5 Å². The lowest BCUT2D eigenvalue weighted by Crippen LogP contribution is -2.04. The lowest BCUT2D eigenvalue weighted by Gasteiger charge is -2.13. The van der Waals surface area contributed by atoms with E-state index in [9.17, 15) is 15.0 Å². The molecule has 0 saturated carbocycles. The predicted octanol–water partition coefficient (Wildman–Crippen LogP) is 2.53. The Morgan fingerprint density at radius 1 is 1.07 bits per heavy atom. The van der Waals surface area contributed by atoms with E-state index in [1.807, 2.05) is 0 Å². The minimum Gasteiger partial charge on any atom is -0.504 e. The van der Waals surface area contributed by atoms with E-state index in [0.29, 0.717) is 11.1 Å². The Hall–Kier alpha value is -0.980. The minimum atomic E-state index is -0.663. The highest BCUT2D eigenvalue weighted by molar-refractivity contribution is 14.1. The number of carbonyl (C=O) groups excluding carboxylic acids is 1. The first-order chi connectivity index (χ1) is 6.91. The van der Waals surface area contributed by atoms with Crippen LogP contribution in [-0.2, 0) is 3.07 Å². The predicted molar refractivity (Wildman–Crippen MR) is 63.4 cm³/mol. The zero-order chi connectivity index (χ0) is 11.7. The summed E-state index contributed by atoms with van der Waals surface area (Å²) in [6.07, 6.45) is 0. The normalized spacial score (nSPS) is 10.1. The number of carbonyl (C=O) groups is 1. The van der Waals surface area contributed by atoms with Gasteiger partial charge in [0.2, 0.25) is 0 Å². The second-order valence-corrected chi connectivity index (χ2v) is 3.75. The van der Waals surface area contributed by atoms with E-state index in [-0.39, 0.29) is 11.3 Å². The van der Waals surface area contributed by atoms with Crippen molar-refractivity contribution in [2.75, 3.05) is 0 Å². The number of phenolic OH excluding ortho intramolecular Hbond substituents is 2. The van der Waals surface area contributed by atoms with Gasteiger partial charge in [-0.2, -0.15) is 0 Å². The van der Waals surface area contributed by atoms with Crippen LogP contribution in [-0.4, -0.2) is 16.2 Å². The highest BCUT2D eigenvalue weighted by Crippen LogP contribution is 2.38. The standard InChI is InChI=1S/C10H11IO4/c1-4-5(2)7(10(14)15-11)9(13)8(12)6(4)3/h12-13H,1-3H3. The van der Waals surface area contributed by atoms with E-state index < -0.39 is 11.7 Å². The first-order valence-electron chi connectivity index (χ1n) is 4.26. The van der Waals surface area contributed by atoms with Gasteiger partial charge >= 0.3 is 5.97 Å². The third-order valence-electron chi connectivity index (χ3n) is 2.59. The lowest BCUT2D eigenvalue weighted by molar-refractivity contribution is 0.0795. The molecular weight excluding hydrogens is 311 g/mol. The Morgan fingerprint density at radius 2 is 1.60 bits per heavy atom. The van der Waals surface area contributed by atoms with E-state index >= 15 is 0 Å². The van der Waals surface area contributed by atoms with E-state index in [1.54, 1.807) is 20.8 Å². The Kier molecular flexibility index (Phi) is 3.43. The van der Waals surface area contributed by atoms with E-state index in [1.165, 1.54) is 23.0 Å². The Labute approximate surface area is 102 Å². The van der Waals surface area contributed by atoms with Crippen molar-refractivity contribution in [3.63, 3.8) is 0 Å². The first kappa shape index (κ1) is 12.1. The zero-order valence-electron chi connectivity index (χ0n) is 8.59. The molecule has 0 aliphatic rings. The van der Waals surface area contributed by atoms with E-state index in [2.05, 4.69) is 3.07 Å². The van der Waals surface area contributed by atoms with Crippen LogP contribution in [0, 0.1) is 20.8 Å². The fourth-order valence-corrected chi connectivity index (χ4v) is 1.63. The highest BCUT2D eigenvalue weighted by Gasteiger charge is 2.22. The SMILES string of the molecule is Cc1c(C)c(O)c(O)c(C(=O)OI)c1C. The molecule has 0 amide bonds. The third kappa shape index (κ3) is 1.88. The van der Waals surface area contributed by atoms with Crippen LogP contribution in [0.4, 0.5) is 0 Å². The Morgan fingerprint density at radius 3 is 2.07 bits per heavy atom. The van der Waals surface area contributed by atoms with Gasteiger partial charge in [0.25, 0.3) is 0 Å². The third-order valence-corrected chi connectivity index (χ3v) is 2.99. The molecule has 2 N–H and O–H groups in total. The second-order valence-electron chi connectivity index (χ2n) is 3.31. The molecule has 0 aromatic heterocycles. The first-order valence-corrected chi connectivity index (χ1v) is 5.14. The molecule has 0 saturated heterocycles. The van der Waals surface area contributed by atoms with Gasteiger partial charge in [0, 0.05) is 0 Å². The summed E-state index contributed by atoms with van der Waals surface area (Å²) in [4.78, 5) is 11.4. The van der Waals surface area contributed by atoms with Gasteiger partial charge in [0.05, 0.1) is 0 Å². The molecule has 4 nitrogen and oxygen atoms in total. The molecule has 82 valence electrons. The minimum absolute atomic E-state index is 0.0185. The molecule has 0 bridgehead atoms. The monoisotopic (exact) mass is 322 g/mol. The molecule has 0 aliphatic heterocycles. The summed E-state index contributed by atoms with van der Waals surface area (Å²) in [7, 11) is 0. The maximum absolute atomic E-state index is 11.4. The fraction of sp³-hybridized carbons (Fsp3) is 0.300. The van der Waals surface area contributed by atoms with Crippen molar-refractivity contribution in [1.82, 2.24) is 0 Å². The van der Waals surface area contributed by atoms with E-state index in [0.717, 1.165) is 5.56 Å². The Bertz CT molecular complexity index is 397. The van der Waals surface area contributed by atoms with Gasteiger partial charge in [-0.3, -0.25) is 0 Å². The van der Waals surface area contributed by atoms with Crippen LogP contribution in [0.2, 0.25) is 0 Å². The zero-order valence-corrected chi connectivity index (χ0v) is 10.7. The van der Waals surface area contributed by atoms with Crippen LogP contribution in [0.15, 0.2) is 0 Å². The number of rotatable bonds is 1. The van der Waals surface area contributed by atoms with Gasteiger partial charge in [-0.1, -0.05) is 0 Å². The van der Waals surface area contributed by atoms with Crippen molar-refractivity contribution in [3.05, 3.63) is 22.3 Å². The Balaban J connectivity index is 3.60. The quantitative estimate of drug-likeness (QED) is 0.616. The summed E-state index contributed by atoms with van der Waals surface area (Å²) in [5, 5.41) is 19.2. The van der Waals surface area contributed by atoms with E-state index in [4.69, 9.17) is 0 Å². The van der Waals surface area contributed by atoms with Crippen molar-refractivity contribution in [2.24, 2.45) is 0 Å². The molecule has 0 unspecified atom stereocenters. The summed E-state index contributed by atoms with van der Waals surface area (Å²) >= 11 is 1.44. The van der Waals surface area contributed by atoms with Crippen LogP contribution in [0.3, 0.4) is 0 Å². The van der Waals surface area contributed by atoms with Crippen molar-refractivity contribution in [3.8, 4) is 11.5 Å². The maximum atomic E-state index is 11.4. The van der Waals surface area contributed by atoms with Crippen LogP contribution >= 0.6 is 23.0 Å². The number of aromatic hydroxyl groups is 2. The molecular formula is C10H11IO4. The lowest BCUT2D eigenvalue weighted by atomic mass is 9.97. The smallest absolute Gasteiger partial charge is 0.351 e. The van der Waals surface area contributed by atoms with Gasteiger partial charge in [0.1, 0.15) is 5.56 Å². The summed E-state index contributed by atoms with van der Waals surface area (Å²) in [5.41, 5.74) is 1.96. The van der Waals surface area contributed by atoms with Crippen molar-refractivity contribution in [1.29, 1.82) is 0 Å². The molecule has 0 radical (unpaired) electrons. The highest BCUT2D eigenvalue weighted by atomic mass is 127. The number of halogens is 1. The molecule has 0 aliphatic carbocycles. The number of hydrogen-bond donors (Lipinski definition) is 2. The fourth-order valence-electron chi connectivity index (χ4n) is 1.41. The van der Waals surface area contributed by atoms with Gasteiger partial charge in [-0.15, -0.1) is 0 Å². The van der Waals surface area contributed by atoms with Crippen LogP contribution in [0.1, 0.15) is 27.0 Å². The molecule has 15 heavy (non-hydrogen) atoms. The van der Waals surface area contributed by atoms with Crippen LogP contribution < -0.4 is 0 Å². The number of phenols is 2. The summed E-state index contributed by atoms with van der Waals surface area (Å²) in [6.45, 7) is 5.15. The van der Waals surface area contributed by atoms with Crippen molar-refractivity contribution >= 4 is 29.0 Å². The van der Waals surface area contributed by atoms with Gasteiger partial charge in [0.15, 0.2) is 34.5 Å². The molecule has 0 atom stereocenters. The molecule has 0 fully saturated rings. The number of benzene rings is 1. The molecule has 5 heteroatoms. The maximum Gasteiger partial charge on any atom is 0.351 e. The summed E-state index contributed by atoms with van der Waals surface area (Å²) in [5.74, 6) is -1.35. The van der Waals surface area contributed by atoms with Crippen LogP contribution in [0.5, 0.6) is 11.5 Å². The summed E-state index contributed by atoms with van der Waals surface area (Å²) < 4.78 is 4.51. The van der Waals surface area contributed by atoms with Crippen molar-refractivity contribution < 1.29 is 18.1 Å². The number of hydrogen-bond acceptors (Lipinski definition) is 4. The average Bonchev–Trinajstić information content (AvgIpc) is 2.23. The van der Waals surface area contributed by atoms with Gasteiger partial charge in [-0.25, -0.2) is 4.79 Å². The molecule has 1 aromatic carbocycles. The average molecular weight is 322 g/mol. The molecule has 0 spiro atoms. The second kappa shape index (κ2) is 4.26.